The summed E-state index contributed by atoms with van der Waals surface area (Å²) >= 11 is 13.3. The van der Waals surface area contributed by atoms with E-state index >= 15 is 0 Å². The van der Waals surface area contributed by atoms with Crippen LogP contribution in [0.25, 0.3) is 10.9 Å². The molecule has 1 aromatic heterocycles. The van der Waals surface area contributed by atoms with Crippen molar-refractivity contribution in [2.24, 2.45) is 12.5 Å². The average molecular weight is 571 g/mol. The number of ether oxygens (including phenoxy) is 2. The molecule has 0 N–H and O–H groups in total. The van der Waals surface area contributed by atoms with Crippen molar-refractivity contribution in [1.29, 1.82) is 0 Å². The first kappa shape index (κ1) is 28.7. The maximum Gasteiger partial charge on any atom is 0.416 e. The number of methoxy groups -OCH3 is 2. The van der Waals surface area contributed by atoms with Crippen LogP contribution in [-0.2, 0) is 29.1 Å². The lowest BCUT2D eigenvalue weighted by Crippen LogP contribution is -2.47. The molecule has 1 saturated heterocycles. The molecule has 0 radical (unpaired) electrons. The second-order valence-corrected chi connectivity index (χ2v) is 11.0. The van der Waals surface area contributed by atoms with Gasteiger partial charge in [0.15, 0.2) is 6.29 Å². The van der Waals surface area contributed by atoms with Gasteiger partial charge in [-0.3, -0.25) is 4.79 Å². The van der Waals surface area contributed by atoms with Gasteiger partial charge in [-0.25, -0.2) is 0 Å². The van der Waals surface area contributed by atoms with Crippen LogP contribution in [0, 0.1) is 12.3 Å². The van der Waals surface area contributed by atoms with Crippen molar-refractivity contribution in [2.45, 2.75) is 45.6 Å². The summed E-state index contributed by atoms with van der Waals surface area (Å²) in [5.41, 5.74) is 1.72. The Labute approximate surface area is 230 Å². The predicted molar refractivity (Wildman–Crippen MR) is 143 cm³/mol. The zero-order valence-electron chi connectivity index (χ0n) is 22.0. The molecule has 1 aliphatic rings. The van der Waals surface area contributed by atoms with E-state index < -0.39 is 11.7 Å². The highest BCUT2D eigenvalue weighted by Crippen LogP contribution is 2.39. The van der Waals surface area contributed by atoms with Crippen LogP contribution in [0.2, 0.25) is 10.0 Å². The fourth-order valence-electron chi connectivity index (χ4n) is 5.39. The molecule has 38 heavy (non-hydrogen) atoms. The largest absolute Gasteiger partial charge is 0.416 e. The number of carbonyl (C=O) groups excluding carboxylic acids is 1. The number of piperidine rings is 1. The van der Waals surface area contributed by atoms with Gasteiger partial charge in [0.25, 0.3) is 5.91 Å². The van der Waals surface area contributed by atoms with Crippen molar-refractivity contribution in [3.63, 3.8) is 0 Å². The van der Waals surface area contributed by atoms with Crippen molar-refractivity contribution in [3.05, 3.63) is 68.3 Å². The van der Waals surface area contributed by atoms with Gasteiger partial charge in [-0.05, 0) is 61.2 Å². The highest BCUT2D eigenvalue weighted by atomic mass is 35.5. The summed E-state index contributed by atoms with van der Waals surface area (Å²) in [5, 5.41) is 1.36. The van der Waals surface area contributed by atoms with Crippen LogP contribution >= 0.6 is 23.2 Å². The third-order valence-electron chi connectivity index (χ3n) is 7.76. The van der Waals surface area contributed by atoms with Gasteiger partial charge in [0.05, 0.1) is 16.1 Å². The summed E-state index contributed by atoms with van der Waals surface area (Å²) < 4.78 is 52.8. The number of benzene rings is 2. The number of aryl methyl sites for hydroxylation is 2. The second kappa shape index (κ2) is 10.7. The van der Waals surface area contributed by atoms with E-state index in [0.29, 0.717) is 53.2 Å². The van der Waals surface area contributed by atoms with Crippen LogP contribution in [0.5, 0.6) is 0 Å². The number of halogens is 5. The smallest absolute Gasteiger partial charge is 0.355 e. The zero-order chi connectivity index (χ0) is 28.0. The molecule has 3 aromatic rings. The SMILES string of the molecule is COC(OC)C1(C)CCN(C(=O)c2ccc(Cl)c(Cc3cc4c(C)cc(C(F)(F)F)cc4n3C)c2Cl)CC1. The quantitative estimate of drug-likeness (QED) is 0.293. The van der Waals surface area contributed by atoms with Crippen molar-refractivity contribution < 1.29 is 27.4 Å². The number of fused-ring (bicyclic) bond motifs is 1. The molecular formula is C28H31Cl2F3N2O3. The summed E-state index contributed by atoms with van der Waals surface area (Å²) in [5.74, 6) is -0.191. The van der Waals surface area contributed by atoms with Crippen LogP contribution in [0.3, 0.4) is 0 Å². The van der Waals surface area contributed by atoms with E-state index in [2.05, 4.69) is 6.92 Å². The van der Waals surface area contributed by atoms with Crippen LogP contribution in [0.4, 0.5) is 13.2 Å². The Morgan fingerprint density at radius 2 is 1.74 bits per heavy atom. The zero-order valence-corrected chi connectivity index (χ0v) is 23.5. The van der Waals surface area contributed by atoms with E-state index in [1.807, 2.05) is 6.07 Å². The highest BCUT2D eigenvalue weighted by Gasteiger charge is 2.39. The second-order valence-electron chi connectivity index (χ2n) is 10.2. The first-order valence-electron chi connectivity index (χ1n) is 12.3. The molecule has 0 aliphatic carbocycles. The van der Waals surface area contributed by atoms with E-state index in [0.717, 1.165) is 23.2 Å². The number of likely N-dealkylation sites (tertiary alicyclic amines) is 1. The molecule has 1 aliphatic heterocycles. The topological polar surface area (TPSA) is 43.7 Å². The van der Waals surface area contributed by atoms with Gasteiger partial charge in [0, 0.05) is 67.8 Å². The summed E-state index contributed by atoms with van der Waals surface area (Å²) in [7, 11) is 4.93. The summed E-state index contributed by atoms with van der Waals surface area (Å²) in [6.07, 6.45) is -3.13. The van der Waals surface area contributed by atoms with E-state index in [1.165, 1.54) is 0 Å². The first-order valence-corrected chi connectivity index (χ1v) is 13.0. The molecule has 10 heteroatoms. The molecule has 4 rings (SSSR count). The molecule has 0 bridgehead atoms. The van der Waals surface area contributed by atoms with Gasteiger partial charge in [0.1, 0.15) is 0 Å². The molecule has 1 fully saturated rings. The number of hydrogen-bond acceptors (Lipinski definition) is 3. The Morgan fingerprint density at radius 3 is 2.32 bits per heavy atom. The number of hydrogen-bond donors (Lipinski definition) is 0. The van der Waals surface area contributed by atoms with E-state index in [1.54, 1.807) is 49.8 Å². The molecule has 0 atom stereocenters. The van der Waals surface area contributed by atoms with Crippen molar-refractivity contribution in [1.82, 2.24) is 9.47 Å². The Balaban J connectivity index is 1.62. The first-order chi connectivity index (χ1) is 17.8. The Kier molecular flexibility index (Phi) is 8.11. The van der Waals surface area contributed by atoms with Gasteiger partial charge in [0.2, 0.25) is 0 Å². The number of alkyl halides is 3. The molecular weight excluding hydrogens is 540 g/mol. The minimum Gasteiger partial charge on any atom is -0.355 e. The third-order valence-corrected chi connectivity index (χ3v) is 8.55. The maximum atomic E-state index is 13.5. The van der Waals surface area contributed by atoms with Crippen LogP contribution in [0.15, 0.2) is 30.3 Å². The van der Waals surface area contributed by atoms with E-state index in [-0.39, 0.29) is 29.1 Å². The predicted octanol–water partition coefficient (Wildman–Crippen LogP) is 7.26. The maximum absolute atomic E-state index is 13.5. The molecule has 0 saturated carbocycles. The van der Waals surface area contributed by atoms with Gasteiger partial charge >= 0.3 is 6.18 Å². The van der Waals surface area contributed by atoms with E-state index in [9.17, 15) is 18.0 Å². The Hall–Kier alpha value is -2.26. The number of rotatable bonds is 6. The molecule has 0 unspecified atom stereocenters. The van der Waals surface area contributed by atoms with Gasteiger partial charge in [-0.1, -0.05) is 30.1 Å². The van der Waals surface area contributed by atoms with E-state index in [4.69, 9.17) is 32.7 Å². The van der Waals surface area contributed by atoms with Gasteiger partial charge in [-0.15, -0.1) is 0 Å². The van der Waals surface area contributed by atoms with Crippen LogP contribution in [-0.4, -0.2) is 49.0 Å². The number of aromatic nitrogens is 1. The fourth-order valence-corrected chi connectivity index (χ4v) is 5.98. The summed E-state index contributed by atoms with van der Waals surface area (Å²) in [6, 6.07) is 7.41. The lowest BCUT2D eigenvalue weighted by atomic mass is 9.79. The summed E-state index contributed by atoms with van der Waals surface area (Å²) in [4.78, 5) is 15.2. The van der Waals surface area contributed by atoms with Crippen molar-refractivity contribution >= 4 is 40.0 Å². The van der Waals surface area contributed by atoms with Crippen LogP contribution in [0.1, 0.15) is 52.5 Å². The average Bonchev–Trinajstić information content (AvgIpc) is 3.18. The van der Waals surface area contributed by atoms with Gasteiger partial charge in [-0.2, -0.15) is 13.2 Å². The molecule has 5 nitrogen and oxygen atoms in total. The minimum atomic E-state index is -4.44. The summed E-state index contributed by atoms with van der Waals surface area (Å²) in [6.45, 7) is 4.79. The molecule has 206 valence electrons. The number of amides is 1. The lowest BCUT2D eigenvalue weighted by molar-refractivity contribution is -0.184. The number of nitrogens with zero attached hydrogens (tertiary/aromatic N) is 2. The van der Waals surface area contributed by atoms with Crippen molar-refractivity contribution in [3.8, 4) is 0 Å². The minimum absolute atomic E-state index is 0.191. The standard InChI is InChI=1S/C28H31Cl2F3N2O3/c1-16-12-17(28(31,32)33)13-23-20(16)14-18(34(23)3)15-21-22(29)7-6-19(24(21)30)25(36)35-10-8-27(2,9-11-35)26(37-4)38-5/h6-7,12-14,26H,8-11,15H2,1-5H3. The highest BCUT2D eigenvalue weighted by molar-refractivity contribution is 6.38. The number of carbonyl (C=O) groups is 1. The monoisotopic (exact) mass is 570 g/mol. The fraction of sp³-hybridized carbons (Fsp3) is 0.464. The normalized spacial score (nSPS) is 16.0. The third kappa shape index (κ3) is 5.28. The Morgan fingerprint density at radius 1 is 1.11 bits per heavy atom. The lowest BCUT2D eigenvalue weighted by Gasteiger charge is -2.42. The Bertz CT molecular complexity index is 1360. The molecule has 2 heterocycles. The van der Waals surface area contributed by atoms with Crippen molar-refractivity contribution in [2.75, 3.05) is 27.3 Å². The van der Waals surface area contributed by atoms with Crippen LogP contribution < -0.4 is 0 Å². The molecule has 1 amide bonds. The molecule has 2 aromatic carbocycles. The van der Waals surface area contributed by atoms with Gasteiger partial charge < -0.3 is 18.9 Å². The molecule has 0 spiro atoms.